The summed E-state index contributed by atoms with van der Waals surface area (Å²) in [6.45, 7) is 1.74. The van der Waals surface area contributed by atoms with Gasteiger partial charge in [-0.05, 0) is 25.6 Å². The van der Waals surface area contributed by atoms with E-state index in [1.807, 2.05) is 11.0 Å². The Bertz CT molecular complexity index is 444. The number of carbonyl (C=O) groups excluding carboxylic acids is 1. The summed E-state index contributed by atoms with van der Waals surface area (Å²) in [5.41, 5.74) is 0. The van der Waals surface area contributed by atoms with Gasteiger partial charge in [0.15, 0.2) is 0 Å². The van der Waals surface area contributed by atoms with Crippen molar-refractivity contribution >= 4 is 11.9 Å². The van der Waals surface area contributed by atoms with Crippen molar-refractivity contribution in [2.45, 2.75) is 25.4 Å². The third-order valence-corrected chi connectivity index (χ3v) is 3.36. The van der Waals surface area contributed by atoms with Crippen LogP contribution in [0.3, 0.4) is 0 Å². The molecule has 1 aliphatic rings. The average Bonchev–Trinajstić information content (AvgIpc) is 2.82. The van der Waals surface area contributed by atoms with Gasteiger partial charge in [0.25, 0.3) is 0 Å². The molecule has 0 aliphatic carbocycles. The number of carboxylic acids is 1. The molecule has 1 aliphatic heterocycles. The van der Waals surface area contributed by atoms with Gasteiger partial charge in [-0.15, -0.1) is 0 Å². The second-order valence-electron chi connectivity index (χ2n) is 4.79. The zero-order chi connectivity index (χ0) is 13.8. The second-order valence-corrected chi connectivity index (χ2v) is 4.79. The summed E-state index contributed by atoms with van der Waals surface area (Å²) < 4.78 is 5.24. The second kappa shape index (κ2) is 5.88. The Balaban J connectivity index is 2.10. The molecule has 1 aromatic rings. The average molecular weight is 266 g/mol. The number of furan rings is 1. The number of nitrogens with zero attached hydrogens (tertiary/aromatic N) is 2. The fourth-order valence-corrected chi connectivity index (χ4v) is 2.33. The fourth-order valence-electron chi connectivity index (χ4n) is 2.33. The first-order chi connectivity index (χ1) is 9.08. The Labute approximate surface area is 111 Å². The maximum Gasteiger partial charge on any atom is 0.305 e. The van der Waals surface area contributed by atoms with E-state index in [4.69, 9.17) is 9.52 Å². The summed E-state index contributed by atoms with van der Waals surface area (Å²) in [7, 11) is 1.79. The van der Waals surface area contributed by atoms with E-state index in [9.17, 15) is 9.59 Å². The van der Waals surface area contributed by atoms with E-state index in [0.717, 1.165) is 13.0 Å². The van der Waals surface area contributed by atoms with E-state index in [-0.39, 0.29) is 12.3 Å². The zero-order valence-corrected chi connectivity index (χ0v) is 10.9. The highest BCUT2D eigenvalue weighted by molar-refractivity contribution is 5.86. The molecule has 1 N–H and O–H groups in total. The van der Waals surface area contributed by atoms with Crippen LogP contribution in [0.1, 0.15) is 18.6 Å². The van der Waals surface area contributed by atoms with Gasteiger partial charge in [0, 0.05) is 13.1 Å². The molecule has 1 unspecified atom stereocenters. The number of hydrogen-bond acceptors (Lipinski definition) is 4. The van der Waals surface area contributed by atoms with E-state index < -0.39 is 12.0 Å². The molecule has 1 amide bonds. The molecular formula is C13H18N2O4. The number of hydrogen-bond donors (Lipinski definition) is 1. The predicted molar refractivity (Wildman–Crippen MR) is 67.4 cm³/mol. The Morgan fingerprint density at radius 3 is 2.95 bits per heavy atom. The van der Waals surface area contributed by atoms with Gasteiger partial charge in [-0.25, -0.2) is 0 Å². The van der Waals surface area contributed by atoms with Crippen molar-refractivity contribution in [1.82, 2.24) is 9.80 Å². The fraction of sp³-hybridized carbons (Fsp3) is 0.538. The molecule has 0 saturated carbocycles. The lowest BCUT2D eigenvalue weighted by Crippen LogP contribution is -2.45. The molecule has 0 aromatic carbocycles. The summed E-state index contributed by atoms with van der Waals surface area (Å²) in [5, 5.41) is 8.92. The Morgan fingerprint density at radius 1 is 1.53 bits per heavy atom. The van der Waals surface area contributed by atoms with Crippen LogP contribution in [0.4, 0.5) is 0 Å². The molecule has 104 valence electrons. The van der Waals surface area contributed by atoms with Crippen LogP contribution in [0, 0.1) is 0 Å². The largest absolute Gasteiger partial charge is 0.481 e. The maximum absolute atomic E-state index is 12.4. The third-order valence-electron chi connectivity index (χ3n) is 3.36. The lowest BCUT2D eigenvalue weighted by Gasteiger charge is -2.26. The number of rotatable bonds is 4. The molecule has 1 saturated heterocycles. The highest BCUT2D eigenvalue weighted by atomic mass is 16.4. The lowest BCUT2D eigenvalue weighted by molar-refractivity contribution is -0.144. The summed E-state index contributed by atoms with van der Waals surface area (Å²) in [6, 6.07) is 3.00. The molecule has 0 radical (unpaired) electrons. The van der Waals surface area contributed by atoms with Crippen LogP contribution in [0.25, 0.3) is 0 Å². The number of aliphatic carboxylic acids is 1. The number of likely N-dealkylation sites (N-methyl/N-ethyl adjacent to an activating group) is 1. The molecule has 0 spiro atoms. The molecule has 2 rings (SSSR count). The predicted octanol–water partition coefficient (Wildman–Crippen LogP) is 0.787. The SMILES string of the molecule is CN1CCCN(Cc2ccco2)C(=O)C1CC(=O)O. The Hall–Kier alpha value is -1.82. The van der Waals surface area contributed by atoms with Crippen molar-refractivity contribution in [3.63, 3.8) is 0 Å². The van der Waals surface area contributed by atoms with Crippen LogP contribution in [-0.2, 0) is 16.1 Å². The van der Waals surface area contributed by atoms with Crippen LogP contribution < -0.4 is 0 Å². The zero-order valence-electron chi connectivity index (χ0n) is 10.9. The lowest BCUT2D eigenvalue weighted by atomic mass is 10.1. The highest BCUT2D eigenvalue weighted by Gasteiger charge is 2.32. The molecule has 19 heavy (non-hydrogen) atoms. The highest BCUT2D eigenvalue weighted by Crippen LogP contribution is 2.16. The number of carbonyl (C=O) groups is 2. The minimum atomic E-state index is -0.954. The summed E-state index contributed by atoms with van der Waals surface area (Å²) in [4.78, 5) is 26.8. The van der Waals surface area contributed by atoms with Crippen LogP contribution in [-0.4, -0.2) is 53.0 Å². The first kappa shape index (κ1) is 13.6. The van der Waals surface area contributed by atoms with Crippen LogP contribution in [0.2, 0.25) is 0 Å². The maximum atomic E-state index is 12.4. The molecule has 2 heterocycles. The first-order valence-electron chi connectivity index (χ1n) is 6.31. The third kappa shape index (κ3) is 3.35. The first-order valence-corrected chi connectivity index (χ1v) is 6.31. The van der Waals surface area contributed by atoms with Gasteiger partial charge in [0.05, 0.1) is 25.3 Å². The summed E-state index contributed by atoms with van der Waals surface area (Å²) in [6.07, 6.45) is 2.24. The monoisotopic (exact) mass is 266 g/mol. The van der Waals surface area contributed by atoms with E-state index in [1.165, 1.54) is 0 Å². The molecule has 6 nitrogen and oxygen atoms in total. The van der Waals surface area contributed by atoms with Crippen molar-refractivity contribution in [1.29, 1.82) is 0 Å². The quantitative estimate of drug-likeness (QED) is 0.872. The van der Waals surface area contributed by atoms with Gasteiger partial charge in [0.1, 0.15) is 5.76 Å². The minimum Gasteiger partial charge on any atom is -0.481 e. The Morgan fingerprint density at radius 2 is 2.32 bits per heavy atom. The van der Waals surface area contributed by atoms with Gasteiger partial charge in [-0.3, -0.25) is 14.5 Å². The normalized spacial score (nSPS) is 21.4. The molecule has 1 fully saturated rings. The topological polar surface area (TPSA) is 74.0 Å². The van der Waals surface area contributed by atoms with Gasteiger partial charge in [0.2, 0.25) is 5.91 Å². The van der Waals surface area contributed by atoms with Crippen molar-refractivity contribution in [2.75, 3.05) is 20.1 Å². The smallest absolute Gasteiger partial charge is 0.305 e. The molecule has 1 atom stereocenters. The van der Waals surface area contributed by atoms with Gasteiger partial charge < -0.3 is 14.4 Å². The Kier molecular flexibility index (Phi) is 4.21. The van der Waals surface area contributed by atoms with Crippen molar-refractivity contribution < 1.29 is 19.1 Å². The van der Waals surface area contributed by atoms with Crippen molar-refractivity contribution in [3.05, 3.63) is 24.2 Å². The van der Waals surface area contributed by atoms with Crippen LogP contribution >= 0.6 is 0 Å². The van der Waals surface area contributed by atoms with Gasteiger partial charge in [-0.1, -0.05) is 0 Å². The van der Waals surface area contributed by atoms with E-state index in [1.54, 1.807) is 24.3 Å². The van der Waals surface area contributed by atoms with Crippen molar-refractivity contribution in [3.8, 4) is 0 Å². The van der Waals surface area contributed by atoms with Crippen LogP contribution in [0.15, 0.2) is 22.8 Å². The number of amides is 1. The van der Waals surface area contributed by atoms with Gasteiger partial charge in [-0.2, -0.15) is 0 Å². The molecular weight excluding hydrogens is 248 g/mol. The summed E-state index contributed by atoms with van der Waals surface area (Å²) in [5.74, 6) is -0.379. The minimum absolute atomic E-state index is 0.140. The summed E-state index contributed by atoms with van der Waals surface area (Å²) >= 11 is 0. The molecule has 6 heteroatoms. The van der Waals surface area contributed by atoms with E-state index in [0.29, 0.717) is 18.8 Å². The standard InChI is InChI=1S/C13H18N2O4/c1-14-5-3-6-15(9-10-4-2-7-19-10)13(18)11(14)8-12(16)17/h2,4,7,11H,3,5-6,8-9H2,1H3,(H,16,17). The van der Waals surface area contributed by atoms with Gasteiger partial charge >= 0.3 is 5.97 Å². The van der Waals surface area contributed by atoms with Crippen LogP contribution in [0.5, 0.6) is 0 Å². The molecule has 1 aromatic heterocycles. The van der Waals surface area contributed by atoms with Crippen molar-refractivity contribution in [2.24, 2.45) is 0 Å². The van der Waals surface area contributed by atoms with E-state index >= 15 is 0 Å². The van der Waals surface area contributed by atoms with E-state index in [2.05, 4.69) is 0 Å². The molecule has 0 bridgehead atoms. The number of carboxylic acid groups (broad SMARTS) is 1.